The first-order chi connectivity index (χ1) is 28.8. The number of nitrogens with zero attached hydrogens (tertiary/aromatic N) is 4. The van der Waals surface area contributed by atoms with E-state index in [9.17, 15) is 0 Å². The van der Waals surface area contributed by atoms with E-state index in [4.69, 9.17) is 0 Å². The average Bonchev–Trinajstić information content (AvgIpc) is 3.93. The fourth-order valence-corrected chi connectivity index (χ4v) is 9.40. The zero-order chi connectivity index (χ0) is 38.2. The molecule has 4 heteroatoms. The molecule has 0 aliphatic carbocycles. The Hall–Kier alpha value is -7.82. The van der Waals surface area contributed by atoms with E-state index in [1.54, 1.807) is 0 Å². The first-order valence-electron chi connectivity index (χ1n) is 19.9. The van der Waals surface area contributed by atoms with Gasteiger partial charge in [0.25, 0.3) is 0 Å². The first kappa shape index (κ1) is 32.4. The number of aromatic nitrogens is 3. The summed E-state index contributed by atoms with van der Waals surface area (Å²) in [5.74, 6) is 0. The van der Waals surface area contributed by atoms with E-state index in [0.717, 1.165) is 28.4 Å². The highest BCUT2D eigenvalue weighted by Gasteiger charge is 2.21. The number of hydrogen-bond donors (Lipinski definition) is 0. The zero-order valence-electron chi connectivity index (χ0n) is 31.6. The van der Waals surface area contributed by atoms with Crippen LogP contribution in [0.3, 0.4) is 0 Å². The Kier molecular flexibility index (Phi) is 7.20. The molecule has 0 aliphatic heterocycles. The first-order valence-corrected chi connectivity index (χ1v) is 19.9. The van der Waals surface area contributed by atoms with Crippen molar-refractivity contribution in [3.63, 3.8) is 0 Å². The SMILES string of the molecule is c1ccc(N(c2ccccc2)c2cccc(-n3c4ccccc4c4cc(-n5c6ccccc6c6c(-n7c8ccccc8c8ccccc87)cccc65)ccc43)c2)cc1. The Morgan fingerprint density at radius 2 is 0.690 bits per heavy atom. The van der Waals surface area contributed by atoms with E-state index in [-0.39, 0.29) is 0 Å². The van der Waals surface area contributed by atoms with Crippen LogP contribution >= 0.6 is 0 Å². The number of rotatable bonds is 6. The van der Waals surface area contributed by atoms with Gasteiger partial charge >= 0.3 is 0 Å². The third-order valence-electron chi connectivity index (χ3n) is 11.8. The summed E-state index contributed by atoms with van der Waals surface area (Å²) in [6.07, 6.45) is 0. The molecule has 3 aromatic heterocycles. The number of hydrogen-bond acceptors (Lipinski definition) is 1. The van der Waals surface area contributed by atoms with E-state index >= 15 is 0 Å². The maximum Gasteiger partial charge on any atom is 0.0562 e. The van der Waals surface area contributed by atoms with Crippen LogP contribution < -0.4 is 4.90 Å². The van der Waals surface area contributed by atoms with Crippen molar-refractivity contribution in [2.45, 2.75) is 0 Å². The predicted molar refractivity (Wildman–Crippen MR) is 244 cm³/mol. The Balaban J connectivity index is 1.07. The zero-order valence-corrected chi connectivity index (χ0v) is 31.6. The average molecular weight is 741 g/mol. The Labute approximate surface area is 335 Å². The van der Waals surface area contributed by atoms with Gasteiger partial charge in [0.1, 0.15) is 0 Å². The van der Waals surface area contributed by atoms with Crippen molar-refractivity contribution in [3.05, 3.63) is 218 Å². The molecule has 12 rings (SSSR count). The smallest absolute Gasteiger partial charge is 0.0562 e. The van der Waals surface area contributed by atoms with Crippen LogP contribution in [-0.4, -0.2) is 13.7 Å². The summed E-state index contributed by atoms with van der Waals surface area (Å²) in [5, 5.41) is 7.43. The van der Waals surface area contributed by atoms with Crippen LogP contribution in [-0.2, 0) is 0 Å². The summed E-state index contributed by atoms with van der Waals surface area (Å²) >= 11 is 0. The van der Waals surface area contributed by atoms with Crippen molar-refractivity contribution in [1.82, 2.24) is 13.7 Å². The quantitative estimate of drug-likeness (QED) is 0.166. The van der Waals surface area contributed by atoms with E-state index in [1.165, 1.54) is 71.1 Å². The summed E-state index contributed by atoms with van der Waals surface area (Å²) in [6, 6.07) is 79.0. The molecule has 0 amide bonds. The lowest BCUT2D eigenvalue weighted by Gasteiger charge is -2.26. The highest BCUT2D eigenvalue weighted by molar-refractivity contribution is 6.17. The molecule has 0 spiro atoms. The normalized spacial score (nSPS) is 11.8. The van der Waals surface area contributed by atoms with Gasteiger partial charge in [0.05, 0.1) is 38.8 Å². The Morgan fingerprint density at radius 1 is 0.259 bits per heavy atom. The van der Waals surface area contributed by atoms with Crippen LogP contribution in [0.4, 0.5) is 17.1 Å². The largest absolute Gasteiger partial charge is 0.310 e. The van der Waals surface area contributed by atoms with Gasteiger partial charge in [-0.3, -0.25) is 0 Å². The van der Waals surface area contributed by atoms with Crippen LogP contribution in [0.2, 0.25) is 0 Å². The lowest BCUT2D eigenvalue weighted by molar-refractivity contribution is 1.16. The highest BCUT2D eigenvalue weighted by atomic mass is 15.1. The van der Waals surface area contributed by atoms with Crippen LogP contribution in [0, 0.1) is 0 Å². The number of anilines is 3. The standard InChI is InChI=1S/C54H36N4/c1-3-17-37(18-4-1)55(38-19-5-2-6-20-38)39-21-15-22-40(35-39)56-47-27-11-9-25-44(47)46-36-41(33-34-51(46)56)57-50-30-14-10-26-45(50)54-52(57)31-16-32-53(54)58-48-28-12-7-23-42(48)43-24-8-13-29-49(43)58/h1-36H. The minimum atomic E-state index is 1.10. The molecular weight excluding hydrogens is 705 g/mol. The van der Waals surface area contributed by atoms with Crippen LogP contribution in [0.5, 0.6) is 0 Å². The van der Waals surface area contributed by atoms with Gasteiger partial charge in [0, 0.05) is 60.8 Å². The van der Waals surface area contributed by atoms with Crippen molar-refractivity contribution < 1.29 is 0 Å². The van der Waals surface area contributed by atoms with E-state index in [2.05, 4.69) is 237 Å². The van der Waals surface area contributed by atoms with Crippen LogP contribution in [0.25, 0.3) is 82.5 Å². The third-order valence-corrected chi connectivity index (χ3v) is 11.8. The molecule has 272 valence electrons. The number of benzene rings is 9. The molecule has 0 unspecified atom stereocenters. The molecule has 0 radical (unpaired) electrons. The van der Waals surface area contributed by atoms with Gasteiger partial charge in [-0.25, -0.2) is 0 Å². The van der Waals surface area contributed by atoms with Crippen molar-refractivity contribution in [1.29, 1.82) is 0 Å². The lowest BCUT2D eigenvalue weighted by Crippen LogP contribution is -2.10. The fraction of sp³-hybridized carbons (Fsp3) is 0. The van der Waals surface area contributed by atoms with Gasteiger partial charge in [0.2, 0.25) is 0 Å². The third kappa shape index (κ3) is 4.82. The van der Waals surface area contributed by atoms with Crippen LogP contribution in [0.1, 0.15) is 0 Å². The molecule has 0 N–H and O–H groups in total. The fourth-order valence-electron chi connectivity index (χ4n) is 9.40. The molecule has 0 bridgehead atoms. The minimum Gasteiger partial charge on any atom is -0.310 e. The molecule has 0 aliphatic rings. The van der Waals surface area contributed by atoms with Crippen molar-refractivity contribution in [2.24, 2.45) is 0 Å². The maximum absolute atomic E-state index is 2.45. The molecule has 3 heterocycles. The van der Waals surface area contributed by atoms with E-state index < -0.39 is 0 Å². The van der Waals surface area contributed by atoms with Gasteiger partial charge in [-0.1, -0.05) is 121 Å². The monoisotopic (exact) mass is 740 g/mol. The highest BCUT2D eigenvalue weighted by Crippen LogP contribution is 2.42. The maximum atomic E-state index is 2.45. The molecule has 4 nitrogen and oxygen atoms in total. The topological polar surface area (TPSA) is 18.0 Å². The Bertz CT molecular complexity index is 3420. The second-order valence-corrected chi connectivity index (χ2v) is 15.0. The van der Waals surface area contributed by atoms with Crippen molar-refractivity contribution >= 4 is 82.5 Å². The number of fused-ring (bicyclic) bond motifs is 9. The van der Waals surface area contributed by atoms with Crippen LogP contribution in [0.15, 0.2) is 218 Å². The molecule has 12 aromatic rings. The van der Waals surface area contributed by atoms with Crippen molar-refractivity contribution in [2.75, 3.05) is 4.90 Å². The lowest BCUT2D eigenvalue weighted by atomic mass is 10.1. The molecule has 0 saturated carbocycles. The minimum absolute atomic E-state index is 1.10. The van der Waals surface area contributed by atoms with E-state index in [0.29, 0.717) is 0 Å². The molecule has 58 heavy (non-hydrogen) atoms. The predicted octanol–water partition coefficient (Wildman–Crippen LogP) is 14.4. The second-order valence-electron chi connectivity index (χ2n) is 15.0. The van der Waals surface area contributed by atoms with Gasteiger partial charge in [-0.05, 0) is 97.1 Å². The Morgan fingerprint density at radius 3 is 1.33 bits per heavy atom. The van der Waals surface area contributed by atoms with Gasteiger partial charge < -0.3 is 18.6 Å². The summed E-state index contributed by atoms with van der Waals surface area (Å²) in [7, 11) is 0. The molecular formula is C54H36N4. The molecule has 0 atom stereocenters. The summed E-state index contributed by atoms with van der Waals surface area (Å²) < 4.78 is 7.32. The van der Waals surface area contributed by atoms with Crippen molar-refractivity contribution in [3.8, 4) is 17.1 Å². The molecule has 0 fully saturated rings. The summed E-state index contributed by atoms with van der Waals surface area (Å²) in [4.78, 5) is 2.32. The second kappa shape index (κ2) is 12.9. The number of para-hydroxylation sites is 6. The summed E-state index contributed by atoms with van der Waals surface area (Å²) in [6.45, 7) is 0. The molecule has 9 aromatic carbocycles. The molecule has 0 saturated heterocycles. The van der Waals surface area contributed by atoms with Gasteiger partial charge in [-0.2, -0.15) is 0 Å². The van der Waals surface area contributed by atoms with Gasteiger partial charge in [-0.15, -0.1) is 0 Å². The van der Waals surface area contributed by atoms with E-state index in [1.807, 2.05) is 0 Å². The van der Waals surface area contributed by atoms with Gasteiger partial charge in [0.15, 0.2) is 0 Å². The summed E-state index contributed by atoms with van der Waals surface area (Å²) in [5.41, 5.74) is 13.9.